The number of carbonyl (C=O) groups is 1. The summed E-state index contributed by atoms with van der Waals surface area (Å²) in [6.07, 6.45) is 0. The number of rotatable bonds is 4. The Balaban J connectivity index is 2.25. The van der Waals surface area contributed by atoms with E-state index in [1.165, 1.54) is 0 Å². The minimum atomic E-state index is -0.642. The first-order valence-electron chi connectivity index (χ1n) is 6.15. The topological polar surface area (TPSA) is 68.0 Å². The molecule has 1 heterocycles. The largest absolute Gasteiger partial charge is 0.380 e. The summed E-state index contributed by atoms with van der Waals surface area (Å²) in [4.78, 5) is 16.6. The minimum Gasteiger partial charge on any atom is -0.380 e. The molecular formula is C14H16FN3OS. The highest BCUT2D eigenvalue weighted by atomic mass is 32.1. The first kappa shape index (κ1) is 14.5. The highest BCUT2D eigenvalue weighted by Crippen LogP contribution is 2.23. The molecule has 106 valence electrons. The molecule has 2 aromatic rings. The lowest BCUT2D eigenvalue weighted by Crippen LogP contribution is -2.13. The van der Waals surface area contributed by atoms with Crippen molar-refractivity contribution in [2.75, 3.05) is 5.32 Å². The lowest BCUT2D eigenvalue weighted by Gasteiger charge is -2.11. The van der Waals surface area contributed by atoms with Gasteiger partial charge in [0.25, 0.3) is 0 Å². The molecule has 0 atom stereocenters. The second-order valence-electron chi connectivity index (χ2n) is 4.59. The van der Waals surface area contributed by atoms with Crippen LogP contribution in [0.25, 0.3) is 0 Å². The number of carbonyl (C=O) groups excluding carboxylic acids is 1. The van der Waals surface area contributed by atoms with Gasteiger partial charge in [-0.15, -0.1) is 11.3 Å². The van der Waals surface area contributed by atoms with Gasteiger partial charge < -0.3 is 11.1 Å². The molecule has 0 bridgehead atoms. The Kier molecular flexibility index (Phi) is 4.04. The van der Waals surface area contributed by atoms with Crippen molar-refractivity contribution in [3.05, 3.63) is 44.7 Å². The number of hydrogen-bond acceptors (Lipinski definition) is 4. The van der Waals surface area contributed by atoms with Crippen LogP contribution in [0.3, 0.4) is 0 Å². The molecule has 0 spiro atoms. The molecule has 0 saturated carbocycles. The van der Waals surface area contributed by atoms with Gasteiger partial charge in [0, 0.05) is 21.7 Å². The fourth-order valence-electron chi connectivity index (χ4n) is 1.92. The van der Waals surface area contributed by atoms with Crippen LogP contribution in [0.5, 0.6) is 0 Å². The molecule has 20 heavy (non-hydrogen) atoms. The number of nitrogens with one attached hydrogen (secondary N) is 1. The number of hydrogen-bond donors (Lipinski definition) is 2. The van der Waals surface area contributed by atoms with Gasteiger partial charge in [-0.1, -0.05) is 0 Å². The molecular weight excluding hydrogens is 277 g/mol. The number of halogens is 1. The van der Waals surface area contributed by atoms with Gasteiger partial charge in [0.05, 0.1) is 17.2 Å². The molecule has 0 fully saturated rings. The van der Waals surface area contributed by atoms with Crippen LogP contribution in [-0.2, 0) is 6.54 Å². The van der Waals surface area contributed by atoms with Gasteiger partial charge in [-0.3, -0.25) is 4.79 Å². The SMILES string of the molecule is Cc1nc(C)c(CNc2cc(C(N)=O)cc(F)c2C)s1. The molecule has 0 aliphatic carbocycles. The number of thiazole rings is 1. The summed E-state index contributed by atoms with van der Waals surface area (Å²) in [5.74, 6) is -1.09. The van der Waals surface area contributed by atoms with E-state index in [1.54, 1.807) is 24.3 Å². The van der Waals surface area contributed by atoms with Crippen LogP contribution < -0.4 is 11.1 Å². The number of benzene rings is 1. The van der Waals surface area contributed by atoms with Crippen LogP contribution in [0.15, 0.2) is 12.1 Å². The van der Waals surface area contributed by atoms with Crippen molar-refractivity contribution in [3.63, 3.8) is 0 Å². The highest BCUT2D eigenvalue weighted by Gasteiger charge is 2.11. The fourth-order valence-corrected chi connectivity index (χ4v) is 2.79. The van der Waals surface area contributed by atoms with Crippen LogP contribution in [0.2, 0.25) is 0 Å². The van der Waals surface area contributed by atoms with Crippen molar-refractivity contribution < 1.29 is 9.18 Å². The Morgan fingerprint density at radius 2 is 2.10 bits per heavy atom. The first-order chi connectivity index (χ1) is 9.38. The van der Waals surface area contributed by atoms with Crippen molar-refractivity contribution in [2.45, 2.75) is 27.3 Å². The van der Waals surface area contributed by atoms with Crippen molar-refractivity contribution in [2.24, 2.45) is 5.73 Å². The molecule has 3 N–H and O–H groups in total. The zero-order chi connectivity index (χ0) is 14.9. The third-order valence-corrected chi connectivity index (χ3v) is 4.14. The Morgan fingerprint density at radius 1 is 1.40 bits per heavy atom. The second-order valence-corrected chi connectivity index (χ2v) is 5.88. The second kappa shape index (κ2) is 5.58. The molecule has 6 heteroatoms. The van der Waals surface area contributed by atoms with Crippen molar-refractivity contribution in [1.29, 1.82) is 0 Å². The first-order valence-corrected chi connectivity index (χ1v) is 6.97. The summed E-state index contributed by atoms with van der Waals surface area (Å²) in [6, 6.07) is 2.73. The molecule has 1 aromatic carbocycles. The smallest absolute Gasteiger partial charge is 0.248 e. The van der Waals surface area contributed by atoms with Gasteiger partial charge in [0.1, 0.15) is 5.82 Å². The van der Waals surface area contributed by atoms with Crippen LogP contribution in [-0.4, -0.2) is 10.9 Å². The molecule has 2 rings (SSSR count). The average molecular weight is 293 g/mol. The predicted molar refractivity (Wildman–Crippen MR) is 78.6 cm³/mol. The maximum Gasteiger partial charge on any atom is 0.248 e. The summed E-state index contributed by atoms with van der Waals surface area (Å²) in [5.41, 5.74) is 7.36. The van der Waals surface area contributed by atoms with E-state index >= 15 is 0 Å². The van der Waals surface area contributed by atoms with Gasteiger partial charge in [-0.2, -0.15) is 0 Å². The zero-order valence-electron chi connectivity index (χ0n) is 11.6. The monoisotopic (exact) mass is 293 g/mol. The number of nitrogens with two attached hydrogens (primary N) is 1. The minimum absolute atomic E-state index is 0.160. The Morgan fingerprint density at radius 3 is 2.65 bits per heavy atom. The summed E-state index contributed by atoms with van der Waals surface area (Å²) in [7, 11) is 0. The van der Waals surface area contributed by atoms with E-state index in [1.807, 2.05) is 13.8 Å². The lowest BCUT2D eigenvalue weighted by molar-refractivity contribution is 0.1000. The van der Waals surface area contributed by atoms with E-state index in [-0.39, 0.29) is 5.56 Å². The number of nitrogens with zero attached hydrogens (tertiary/aromatic N) is 1. The van der Waals surface area contributed by atoms with Gasteiger partial charge in [-0.25, -0.2) is 9.37 Å². The summed E-state index contributed by atoms with van der Waals surface area (Å²) < 4.78 is 13.8. The maximum atomic E-state index is 13.8. The summed E-state index contributed by atoms with van der Waals surface area (Å²) >= 11 is 1.60. The summed E-state index contributed by atoms with van der Waals surface area (Å²) in [6.45, 7) is 6.08. The molecule has 1 amide bonds. The van der Waals surface area contributed by atoms with Crippen molar-refractivity contribution in [1.82, 2.24) is 4.98 Å². The van der Waals surface area contributed by atoms with E-state index in [2.05, 4.69) is 10.3 Å². The van der Waals surface area contributed by atoms with Crippen LogP contribution >= 0.6 is 11.3 Å². The predicted octanol–water partition coefficient (Wildman–Crippen LogP) is 2.92. The molecule has 0 unspecified atom stereocenters. The molecule has 4 nitrogen and oxygen atoms in total. The number of anilines is 1. The summed E-state index contributed by atoms with van der Waals surface area (Å²) in [5, 5.41) is 4.14. The van der Waals surface area contributed by atoms with Crippen LogP contribution in [0, 0.1) is 26.6 Å². The Labute approximate surface area is 120 Å². The maximum absolute atomic E-state index is 13.8. The lowest BCUT2D eigenvalue weighted by atomic mass is 10.1. The van der Waals surface area contributed by atoms with E-state index in [0.717, 1.165) is 21.6 Å². The number of aryl methyl sites for hydroxylation is 2. The van der Waals surface area contributed by atoms with Crippen LogP contribution in [0.4, 0.5) is 10.1 Å². The van der Waals surface area contributed by atoms with Crippen molar-refractivity contribution >= 4 is 22.9 Å². The van der Waals surface area contributed by atoms with E-state index in [0.29, 0.717) is 17.8 Å². The molecule has 0 saturated heterocycles. The van der Waals surface area contributed by atoms with Crippen LogP contribution in [0.1, 0.15) is 31.5 Å². The van der Waals surface area contributed by atoms with Gasteiger partial charge in [0.2, 0.25) is 5.91 Å². The zero-order valence-corrected chi connectivity index (χ0v) is 12.4. The van der Waals surface area contributed by atoms with E-state index < -0.39 is 11.7 Å². The average Bonchev–Trinajstić information content (AvgIpc) is 2.69. The van der Waals surface area contributed by atoms with Gasteiger partial charge in [0.15, 0.2) is 0 Å². The molecule has 1 aromatic heterocycles. The van der Waals surface area contributed by atoms with E-state index in [9.17, 15) is 9.18 Å². The third-order valence-electron chi connectivity index (χ3n) is 3.07. The van der Waals surface area contributed by atoms with E-state index in [4.69, 9.17) is 5.73 Å². The normalized spacial score (nSPS) is 10.6. The van der Waals surface area contributed by atoms with Crippen molar-refractivity contribution in [3.8, 4) is 0 Å². The highest BCUT2D eigenvalue weighted by molar-refractivity contribution is 7.11. The molecule has 0 radical (unpaired) electrons. The number of amides is 1. The quantitative estimate of drug-likeness (QED) is 0.910. The van der Waals surface area contributed by atoms with Gasteiger partial charge in [-0.05, 0) is 32.9 Å². The fraction of sp³-hybridized carbons (Fsp3) is 0.286. The Hall–Kier alpha value is -1.95. The van der Waals surface area contributed by atoms with Gasteiger partial charge >= 0.3 is 0 Å². The Bertz CT molecular complexity index is 667. The third kappa shape index (κ3) is 2.96. The molecule has 0 aliphatic rings. The number of primary amides is 1. The standard InChI is InChI=1S/C14H16FN3OS/c1-7-11(15)4-10(14(16)19)5-12(7)17-6-13-8(2)18-9(3)20-13/h4-5,17H,6H2,1-3H3,(H2,16,19). The molecule has 0 aliphatic heterocycles. The number of aromatic nitrogens is 1.